The van der Waals surface area contributed by atoms with Crippen molar-refractivity contribution in [2.75, 3.05) is 26.9 Å². The topological polar surface area (TPSA) is 72.7 Å². The highest BCUT2D eigenvalue weighted by Gasteiger charge is 2.21. The van der Waals surface area contributed by atoms with Gasteiger partial charge >= 0.3 is 0 Å². The molecule has 8 heteroatoms. The van der Waals surface area contributed by atoms with E-state index in [1.54, 1.807) is 0 Å². The van der Waals surface area contributed by atoms with Crippen LogP contribution in [0.3, 0.4) is 0 Å². The Labute approximate surface area is 146 Å². The number of benzene rings is 1. The first-order valence-corrected chi connectivity index (χ1v) is 7.94. The van der Waals surface area contributed by atoms with Crippen LogP contribution in [-0.2, 0) is 6.54 Å². The van der Waals surface area contributed by atoms with Crippen molar-refractivity contribution in [2.24, 2.45) is 0 Å². The van der Waals surface area contributed by atoms with Gasteiger partial charge in [0.05, 0.1) is 6.54 Å². The van der Waals surface area contributed by atoms with Gasteiger partial charge in [-0.15, -0.1) is 12.4 Å². The third-order valence-corrected chi connectivity index (χ3v) is 4.37. The smallest absolute Gasteiger partial charge is 0.241 e. The zero-order valence-electron chi connectivity index (χ0n) is 13.5. The number of fused-ring (bicyclic) bond motifs is 1. The summed E-state index contributed by atoms with van der Waals surface area (Å²) in [5.74, 6) is 2.71. The number of hydrogen-bond donors (Lipinski definition) is 1. The lowest BCUT2D eigenvalue weighted by Crippen LogP contribution is -2.43. The van der Waals surface area contributed by atoms with Gasteiger partial charge in [-0.25, -0.2) is 0 Å². The second kappa shape index (κ2) is 7.38. The van der Waals surface area contributed by atoms with Gasteiger partial charge in [0.1, 0.15) is 0 Å². The summed E-state index contributed by atoms with van der Waals surface area (Å²) in [5.41, 5.74) is 0.871. The fourth-order valence-electron chi connectivity index (χ4n) is 3.10. The minimum atomic E-state index is 0. The summed E-state index contributed by atoms with van der Waals surface area (Å²) in [6.07, 6.45) is 2.41. The predicted molar refractivity (Wildman–Crippen MR) is 90.5 cm³/mol. The van der Waals surface area contributed by atoms with Crippen LogP contribution >= 0.6 is 12.4 Å². The van der Waals surface area contributed by atoms with E-state index in [0.29, 0.717) is 24.3 Å². The van der Waals surface area contributed by atoms with E-state index in [1.807, 2.05) is 25.2 Å². The molecule has 4 rings (SSSR count). The second-order valence-corrected chi connectivity index (χ2v) is 5.94. The van der Waals surface area contributed by atoms with E-state index < -0.39 is 0 Å². The SMILES string of the molecule is CNC1CCCN(Cc2nc(-c3ccc4c(c3)OCO4)no2)C1.Cl. The van der Waals surface area contributed by atoms with Crippen molar-refractivity contribution >= 4 is 12.4 Å². The first kappa shape index (κ1) is 17.0. The number of likely N-dealkylation sites (N-methyl/N-ethyl adjacent to an activating group) is 1. The van der Waals surface area contributed by atoms with Crippen LogP contribution in [0.5, 0.6) is 11.5 Å². The van der Waals surface area contributed by atoms with Gasteiger partial charge in [0.2, 0.25) is 18.5 Å². The molecular formula is C16H21ClN4O3. The normalized spacial score (nSPS) is 20.0. The lowest BCUT2D eigenvalue weighted by atomic mass is 10.1. The standard InChI is InChI=1S/C16H20N4O3.ClH/c1-17-12-3-2-6-20(8-12)9-15-18-16(19-23-15)11-4-5-13-14(7-11)22-10-21-13;/h4-5,7,12,17H,2-3,6,8-10H2,1H3;1H. The maximum Gasteiger partial charge on any atom is 0.241 e. The van der Waals surface area contributed by atoms with Crippen LogP contribution in [0, 0.1) is 0 Å². The lowest BCUT2D eigenvalue weighted by Gasteiger charge is -2.31. The molecule has 0 aliphatic carbocycles. The molecular weight excluding hydrogens is 332 g/mol. The quantitative estimate of drug-likeness (QED) is 0.903. The van der Waals surface area contributed by atoms with Gasteiger partial charge < -0.3 is 19.3 Å². The zero-order valence-corrected chi connectivity index (χ0v) is 14.3. The number of likely N-dealkylation sites (tertiary alicyclic amines) is 1. The Morgan fingerprint density at radius 2 is 2.17 bits per heavy atom. The molecule has 1 fully saturated rings. The fourth-order valence-corrected chi connectivity index (χ4v) is 3.10. The summed E-state index contributed by atoms with van der Waals surface area (Å²) in [6, 6.07) is 6.21. The molecule has 2 aromatic rings. The van der Waals surface area contributed by atoms with Crippen LogP contribution in [0.15, 0.2) is 22.7 Å². The van der Waals surface area contributed by atoms with Gasteiger partial charge in [-0.2, -0.15) is 4.98 Å². The van der Waals surface area contributed by atoms with Gasteiger partial charge in [0, 0.05) is 18.2 Å². The van der Waals surface area contributed by atoms with Crippen molar-refractivity contribution in [2.45, 2.75) is 25.4 Å². The third kappa shape index (κ3) is 3.48. The second-order valence-electron chi connectivity index (χ2n) is 5.94. The number of hydrogen-bond acceptors (Lipinski definition) is 7. The average molecular weight is 353 g/mol. The molecule has 0 saturated carbocycles. The summed E-state index contributed by atoms with van der Waals surface area (Å²) < 4.78 is 16.1. The van der Waals surface area contributed by atoms with E-state index in [1.165, 1.54) is 12.8 Å². The number of aromatic nitrogens is 2. The molecule has 1 unspecified atom stereocenters. The van der Waals surface area contributed by atoms with E-state index in [-0.39, 0.29) is 19.2 Å². The molecule has 0 spiro atoms. The molecule has 2 aliphatic heterocycles. The Morgan fingerprint density at radius 1 is 1.29 bits per heavy atom. The highest BCUT2D eigenvalue weighted by atomic mass is 35.5. The molecule has 130 valence electrons. The first-order valence-electron chi connectivity index (χ1n) is 7.94. The van der Waals surface area contributed by atoms with Crippen molar-refractivity contribution in [3.63, 3.8) is 0 Å². The maximum absolute atomic E-state index is 5.41. The molecule has 3 heterocycles. The summed E-state index contributed by atoms with van der Waals surface area (Å²) in [5, 5.41) is 7.43. The molecule has 0 amide bonds. The predicted octanol–water partition coefficient (Wildman–Crippen LogP) is 2.07. The Balaban J connectivity index is 0.00000169. The molecule has 1 saturated heterocycles. The molecule has 24 heavy (non-hydrogen) atoms. The minimum Gasteiger partial charge on any atom is -0.454 e. The number of nitrogens with one attached hydrogen (secondary N) is 1. The number of halogens is 1. The fraction of sp³-hybridized carbons (Fsp3) is 0.500. The van der Waals surface area contributed by atoms with Gasteiger partial charge in [0.15, 0.2) is 11.5 Å². The van der Waals surface area contributed by atoms with E-state index in [2.05, 4.69) is 20.4 Å². The van der Waals surface area contributed by atoms with Gasteiger partial charge in [-0.1, -0.05) is 5.16 Å². The van der Waals surface area contributed by atoms with Crippen molar-refractivity contribution in [3.05, 3.63) is 24.1 Å². The molecule has 0 radical (unpaired) electrons. The highest BCUT2D eigenvalue weighted by molar-refractivity contribution is 5.85. The van der Waals surface area contributed by atoms with E-state index >= 15 is 0 Å². The Bertz CT molecular complexity index is 694. The molecule has 1 N–H and O–H groups in total. The largest absolute Gasteiger partial charge is 0.454 e. The highest BCUT2D eigenvalue weighted by Crippen LogP contribution is 2.35. The number of ether oxygens (including phenoxy) is 2. The average Bonchev–Trinajstić information content (AvgIpc) is 3.23. The van der Waals surface area contributed by atoms with Crippen LogP contribution < -0.4 is 14.8 Å². The Morgan fingerprint density at radius 3 is 3.04 bits per heavy atom. The molecule has 1 aromatic carbocycles. The Kier molecular flexibility index (Phi) is 5.23. The molecule has 1 aromatic heterocycles. The summed E-state index contributed by atoms with van der Waals surface area (Å²) >= 11 is 0. The number of piperidine rings is 1. The van der Waals surface area contributed by atoms with Crippen LogP contribution in [0.4, 0.5) is 0 Å². The molecule has 0 bridgehead atoms. The molecule has 2 aliphatic rings. The monoisotopic (exact) mass is 352 g/mol. The van der Waals surface area contributed by atoms with Gasteiger partial charge in [-0.05, 0) is 44.6 Å². The lowest BCUT2D eigenvalue weighted by molar-refractivity contribution is 0.167. The van der Waals surface area contributed by atoms with Crippen LogP contribution in [-0.4, -0.2) is 48.0 Å². The zero-order chi connectivity index (χ0) is 15.6. The van der Waals surface area contributed by atoms with Crippen LogP contribution in [0.25, 0.3) is 11.4 Å². The first-order chi connectivity index (χ1) is 11.3. The van der Waals surface area contributed by atoms with E-state index in [0.717, 1.165) is 30.2 Å². The third-order valence-electron chi connectivity index (χ3n) is 4.37. The molecule has 7 nitrogen and oxygen atoms in total. The van der Waals surface area contributed by atoms with Gasteiger partial charge in [-0.3, -0.25) is 4.90 Å². The van der Waals surface area contributed by atoms with Crippen molar-refractivity contribution in [1.29, 1.82) is 0 Å². The summed E-state index contributed by atoms with van der Waals surface area (Å²) in [6.45, 7) is 3.03. The molecule has 1 atom stereocenters. The van der Waals surface area contributed by atoms with Crippen molar-refractivity contribution < 1.29 is 14.0 Å². The van der Waals surface area contributed by atoms with Crippen molar-refractivity contribution in [1.82, 2.24) is 20.4 Å². The number of rotatable bonds is 4. The minimum absolute atomic E-state index is 0. The van der Waals surface area contributed by atoms with Gasteiger partial charge in [0.25, 0.3) is 0 Å². The summed E-state index contributed by atoms with van der Waals surface area (Å²) in [4.78, 5) is 6.86. The van der Waals surface area contributed by atoms with Crippen LogP contribution in [0.2, 0.25) is 0 Å². The number of nitrogens with zero attached hydrogens (tertiary/aromatic N) is 3. The Hall–Kier alpha value is -1.83. The van der Waals surface area contributed by atoms with E-state index in [9.17, 15) is 0 Å². The summed E-state index contributed by atoms with van der Waals surface area (Å²) in [7, 11) is 2.01. The van der Waals surface area contributed by atoms with E-state index in [4.69, 9.17) is 14.0 Å². The van der Waals surface area contributed by atoms with Crippen molar-refractivity contribution in [3.8, 4) is 22.9 Å². The van der Waals surface area contributed by atoms with Crippen LogP contribution in [0.1, 0.15) is 18.7 Å². The maximum atomic E-state index is 5.41.